The second kappa shape index (κ2) is 7.18. The number of hydroxylamine groups is 2. The molecule has 162 valence electrons. The number of hydrogen-bond donors (Lipinski definition) is 0. The number of nitrogens with zero attached hydrogens (tertiary/aromatic N) is 4. The first-order valence-electron chi connectivity index (χ1n) is 9.52. The topological polar surface area (TPSA) is 151 Å². The van der Waals surface area contributed by atoms with E-state index in [1.165, 1.54) is 0 Å². The Morgan fingerprint density at radius 2 is 1.53 bits per heavy atom. The fraction of sp³-hybridized carbons (Fsp3) is 0.647. The van der Waals surface area contributed by atoms with Crippen LogP contribution >= 0.6 is 15.9 Å². The van der Waals surface area contributed by atoms with Crippen molar-refractivity contribution in [2.75, 3.05) is 0 Å². The lowest BCUT2D eigenvalue weighted by Gasteiger charge is -2.53. The summed E-state index contributed by atoms with van der Waals surface area (Å²) in [7, 11) is 0. The molecule has 0 spiro atoms. The van der Waals surface area contributed by atoms with Gasteiger partial charge >= 0.3 is 5.79 Å². The maximum Gasteiger partial charge on any atom is 0.569 e. The van der Waals surface area contributed by atoms with E-state index in [-0.39, 0.29) is 25.7 Å². The molecule has 13 heteroatoms. The Kier molecular flexibility index (Phi) is 5.03. The summed E-state index contributed by atoms with van der Waals surface area (Å²) in [6.07, 6.45) is 0.717. The van der Waals surface area contributed by atoms with Crippen molar-refractivity contribution in [2.24, 2.45) is 0 Å². The molecule has 1 atom stereocenters. The maximum absolute atomic E-state index is 11.9. The van der Waals surface area contributed by atoms with E-state index in [4.69, 9.17) is 9.68 Å². The Balaban J connectivity index is 1.70. The third kappa shape index (κ3) is 2.83. The zero-order valence-corrected chi connectivity index (χ0v) is 17.4. The lowest BCUT2D eigenvalue weighted by atomic mass is 9.57. The van der Waals surface area contributed by atoms with Crippen molar-refractivity contribution in [3.63, 3.8) is 0 Å². The van der Waals surface area contributed by atoms with Crippen LogP contribution in [0.4, 0.5) is 0 Å². The first kappa shape index (κ1) is 21.0. The average Bonchev–Trinajstić information content (AvgIpc) is 2.99. The molecule has 0 aromatic heterocycles. The molecular formula is C17H19BrN4O8. The molecule has 4 rings (SSSR count). The normalized spacial score (nSPS) is 26.4. The fourth-order valence-electron chi connectivity index (χ4n) is 4.47. The summed E-state index contributed by atoms with van der Waals surface area (Å²) in [6.45, 7) is 0. The Bertz CT molecular complexity index is 872. The van der Waals surface area contributed by atoms with Gasteiger partial charge in [-0.1, -0.05) is 28.1 Å². The van der Waals surface area contributed by atoms with Gasteiger partial charge in [0.2, 0.25) is 0 Å². The van der Waals surface area contributed by atoms with Gasteiger partial charge in [-0.05, 0) is 43.4 Å². The van der Waals surface area contributed by atoms with Crippen molar-refractivity contribution in [1.29, 1.82) is 0 Å². The highest BCUT2D eigenvalue weighted by Crippen LogP contribution is 2.56. The standard InChI is InChI=1S/C17H19BrN4O8/c18-13-5-3-12(4-6-13)14-11-17(20(25)26,21(27)28)22(29-14)30-16(9-2-10-16)15(19(23)24)7-1-8-15/h3-6,14H,1-2,7-11H2. The molecule has 1 unspecified atom stereocenters. The van der Waals surface area contributed by atoms with E-state index in [1.54, 1.807) is 24.3 Å². The molecule has 0 radical (unpaired) electrons. The Morgan fingerprint density at radius 1 is 0.967 bits per heavy atom. The summed E-state index contributed by atoms with van der Waals surface area (Å²) in [5, 5.41) is 36.0. The van der Waals surface area contributed by atoms with Gasteiger partial charge in [0.25, 0.3) is 5.54 Å². The van der Waals surface area contributed by atoms with Gasteiger partial charge < -0.3 is 0 Å². The molecule has 2 aliphatic carbocycles. The van der Waals surface area contributed by atoms with E-state index in [0.717, 1.165) is 4.47 Å². The number of benzene rings is 1. The lowest BCUT2D eigenvalue weighted by Crippen LogP contribution is -2.70. The predicted octanol–water partition coefficient (Wildman–Crippen LogP) is 3.39. The third-order valence-electron chi connectivity index (χ3n) is 6.60. The van der Waals surface area contributed by atoms with E-state index in [2.05, 4.69) is 15.9 Å². The molecule has 1 aliphatic heterocycles. The van der Waals surface area contributed by atoms with Gasteiger partial charge in [0.1, 0.15) is 22.4 Å². The summed E-state index contributed by atoms with van der Waals surface area (Å²) in [5.74, 6) is -2.90. The minimum absolute atomic E-state index is 0.258. The summed E-state index contributed by atoms with van der Waals surface area (Å²) in [5.41, 5.74) is -2.28. The largest absolute Gasteiger partial charge is 0.569 e. The number of rotatable bonds is 7. The molecule has 1 saturated heterocycles. The Morgan fingerprint density at radius 3 is 1.93 bits per heavy atom. The molecular weight excluding hydrogens is 468 g/mol. The van der Waals surface area contributed by atoms with Crippen LogP contribution in [0.15, 0.2) is 28.7 Å². The van der Waals surface area contributed by atoms with E-state index in [0.29, 0.717) is 23.6 Å². The van der Waals surface area contributed by atoms with Crippen LogP contribution in [0.3, 0.4) is 0 Å². The van der Waals surface area contributed by atoms with Crippen molar-refractivity contribution >= 4 is 15.9 Å². The minimum Gasteiger partial charge on any atom is -0.264 e. The molecule has 0 amide bonds. The van der Waals surface area contributed by atoms with Gasteiger partial charge in [0.15, 0.2) is 5.60 Å². The van der Waals surface area contributed by atoms with Crippen LogP contribution in [0.25, 0.3) is 0 Å². The Hall–Kier alpha value is -2.22. The zero-order chi connectivity index (χ0) is 21.7. The molecule has 1 aromatic carbocycles. The molecule has 0 N–H and O–H groups in total. The molecule has 3 fully saturated rings. The van der Waals surface area contributed by atoms with Crippen LogP contribution in [0.5, 0.6) is 0 Å². The number of halogens is 1. The second-order valence-corrected chi connectivity index (χ2v) is 8.89. The zero-order valence-electron chi connectivity index (χ0n) is 15.8. The molecule has 2 saturated carbocycles. The van der Waals surface area contributed by atoms with Crippen LogP contribution in [0.1, 0.15) is 56.6 Å². The number of hydrogen-bond acceptors (Lipinski definition) is 9. The minimum atomic E-state index is -2.90. The van der Waals surface area contributed by atoms with E-state index in [9.17, 15) is 30.3 Å². The van der Waals surface area contributed by atoms with Crippen LogP contribution in [-0.4, -0.2) is 36.9 Å². The van der Waals surface area contributed by atoms with Crippen molar-refractivity contribution in [1.82, 2.24) is 5.23 Å². The second-order valence-electron chi connectivity index (χ2n) is 7.98. The van der Waals surface area contributed by atoms with Gasteiger partial charge in [0.05, 0.1) is 5.23 Å². The Labute approximate surface area is 178 Å². The first-order chi connectivity index (χ1) is 14.2. The quantitative estimate of drug-likeness (QED) is 0.320. The van der Waals surface area contributed by atoms with Gasteiger partial charge in [-0.25, -0.2) is 4.84 Å². The van der Waals surface area contributed by atoms with Crippen molar-refractivity contribution in [3.05, 3.63) is 64.6 Å². The van der Waals surface area contributed by atoms with Gasteiger partial charge in [-0.2, -0.15) is 0 Å². The fourth-order valence-corrected chi connectivity index (χ4v) is 4.74. The smallest absolute Gasteiger partial charge is 0.264 e. The summed E-state index contributed by atoms with van der Waals surface area (Å²) in [4.78, 5) is 44.5. The third-order valence-corrected chi connectivity index (χ3v) is 7.13. The molecule has 0 bridgehead atoms. The van der Waals surface area contributed by atoms with Gasteiger partial charge in [-0.15, -0.1) is 0 Å². The van der Waals surface area contributed by atoms with Gasteiger partial charge in [0, 0.05) is 22.2 Å². The SMILES string of the molecule is O=[N+]([O-])C1([N+](=O)[O-])CC(c2ccc(Br)cc2)ON1OC1(C2([N+](=O)[O-])CCC2)CCC1. The van der Waals surface area contributed by atoms with Crippen LogP contribution < -0.4 is 0 Å². The van der Waals surface area contributed by atoms with Crippen LogP contribution in [-0.2, 0) is 9.68 Å². The first-order valence-corrected chi connectivity index (χ1v) is 10.3. The average molecular weight is 487 g/mol. The maximum atomic E-state index is 11.9. The molecule has 30 heavy (non-hydrogen) atoms. The summed E-state index contributed by atoms with van der Waals surface area (Å²) in [6, 6.07) is 6.64. The van der Waals surface area contributed by atoms with Crippen LogP contribution in [0.2, 0.25) is 0 Å². The van der Waals surface area contributed by atoms with E-state index in [1.807, 2.05) is 0 Å². The highest BCUT2D eigenvalue weighted by atomic mass is 79.9. The molecule has 1 heterocycles. The highest BCUT2D eigenvalue weighted by Gasteiger charge is 2.76. The highest BCUT2D eigenvalue weighted by molar-refractivity contribution is 9.10. The number of nitro groups is 3. The van der Waals surface area contributed by atoms with Crippen LogP contribution in [0, 0.1) is 30.3 Å². The molecule has 12 nitrogen and oxygen atoms in total. The summed E-state index contributed by atoms with van der Waals surface area (Å²) >= 11 is 3.28. The van der Waals surface area contributed by atoms with Crippen molar-refractivity contribution in [3.8, 4) is 0 Å². The van der Waals surface area contributed by atoms with Crippen molar-refractivity contribution in [2.45, 2.75) is 68.0 Å². The van der Waals surface area contributed by atoms with E-state index >= 15 is 0 Å². The van der Waals surface area contributed by atoms with Crippen molar-refractivity contribution < 1.29 is 24.4 Å². The van der Waals surface area contributed by atoms with Gasteiger partial charge in [-0.3, -0.25) is 35.2 Å². The van der Waals surface area contributed by atoms with E-state index < -0.39 is 44.2 Å². The predicted molar refractivity (Wildman–Crippen MR) is 102 cm³/mol. The summed E-state index contributed by atoms with van der Waals surface area (Å²) < 4.78 is 0.762. The molecule has 1 aromatic rings. The lowest BCUT2D eigenvalue weighted by molar-refractivity contribution is -0.855. The monoisotopic (exact) mass is 486 g/mol. The molecule has 3 aliphatic rings.